The van der Waals surface area contributed by atoms with E-state index in [1.165, 1.54) is 11.2 Å². The summed E-state index contributed by atoms with van der Waals surface area (Å²) >= 11 is 0. The Labute approximate surface area is 192 Å². The number of aromatic nitrogens is 2. The number of anilines is 1. The SMILES string of the molecule is COCCN(CC(=O)N1CCN(c2ccc(-c3ccccc3)nn2)CC1)C(=O)c1ccco1. The largest absolute Gasteiger partial charge is 0.459 e. The third-order valence-corrected chi connectivity index (χ3v) is 5.59. The Balaban J connectivity index is 1.33. The van der Waals surface area contributed by atoms with E-state index in [-0.39, 0.29) is 24.1 Å². The van der Waals surface area contributed by atoms with E-state index in [2.05, 4.69) is 15.1 Å². The highest BCUT2D eigenvalue weighted by atomic mass is 16.5. The zero-order chi connectivity index (χ0) is 23.0. The second kappa shape index (κ2) is 10.7. The number of furan rings is 1. The van der Waals surface area contributed by atoms with Crippen LogP contribution in [0, 0.1) is 0 Å². The number of carbonyl (C=O) groups is 2. The van der Waals surface area contributed by atoms with Gasteiger partial charge >= 0.3 is 0 Å². The van der Waals surface area contributed by atoms with Crippen LogP contribution in [-0.2, 0) is 9.53 Å². The lowest BCUT2D eigenvalue weighted by Crippen LogP contribution is -2.52. The highest BCUT2D eigenvalue weighted by Gasteiger charge is 2.26. The standard InChI is InChI=1S/C24H27N5O4/c1-32-17-15-29(24(31)21-8-5-16-33-21)18-23(30)28-13-11-27(12-14-28)22-10-9-20(25-26-22)19-6-3-2-4-7-19/h2-10,16H,11-15,17-18H2,1H3. The van der Waals surface area contributed by atoms with E-state index in [0.717, 1.165) is 17.1 Å². The minimum absolute atomic E-state index is 0.0194. The average Bonchev–Trinajstić information content (AvgIpc) is 3.42. The summed E-state index contributed by atoms with van der Waals surface area (Å²) in [4.78, 5) is 30.9. The van der Waals surface area contributed by atoms with E-state index in [1.807, 2.05) is 42.5 Å². The van der Waals surface area contributed by atoms with Crippen molar-refractivity contribution >= 4 is 17.6 Å². The lowest BCUT2D eigenvalue weighted by Gasteiger charge is -2.36. The van der Waals surface area contributed by atoms with Crippen LogP contribution in [0.15, 0.2) is 65.3 Å². The normalized spacial score (nSPS) is 13.7. The number of hydrogen-bond acceptors (Lipinski definition) is 7. The average molecular weight is 450 g/mol. The molecule has 4 rings (SSSR count). The first-order valence-electron chi connectivity index (χ1n) is 10.9. The van der Waals surface area contributed by atoms with E-state index < -0.39 is 0 Å². The van der Waals surface area contributed by atoms with Gasteiger partial charge in [-0.3, -0.25) is 9.59 Å². The van der Waals surface area contributed by atoms with E-state index in [9.17, 15) is 9.59 Å². The first-order valence-corrected chi connectivity index (χ1v) is 10.9. The van der Waals surface area contributed by atoms with Crippen molar-refractivity contribution in [2.75, 3.05) is 57.9 Å². The number of piperazine rings is 1. The van der Waals surface area contributed by atoms with E-state index in [1.54, 1.807) is 24.1 Å². The zero-order valence-corrected chi connectivity index (χ0v) is 18.6. The smallest absolute Gasteiger partial charge is 0.290 e. The van der Waals surface area contributed by atoms with Gasteiger partial charge in [-0.25, -0.2) is 0 Å². The van der Waals surface area contributed by atoms with Crippen molar-refractivity contribution in [2.45, 2.75) is 0 Å². The highest BCUT2D eigenvalue weighted by molar-refractivity contribution is 5.94. The Bertz CT molecular complexity index is 1030. The summed E-state index contributed by atoms with van der Waals surface area (Å²) in [6.07, 6.45) is 1.44. The Hall–Kier alpha value is -3.72. The van der Waals surface area contributed by atoms with Gasteiger partial charge in [0.2, 0.25) is 5.91 Å². The Morgan fingerprint density at radius 2 is 1.79 bits per heavy atom. The molecule has 0 radical (unpaired) electrons. The molecule has 9 heteroatoms. The van der Waals surface area contributed by atoms with Crippen LogP contribution < -0.4 is 4.90 Å². The summed E-state index contributed by atoms with van der Waals surface area (Å²) in [5.41, 5.74) is 1.85. The number of methoxy groups -OCH3 is 1. The monoisotopic (exact) mass is 449 g/mol. The van der Waals surface area contributed by atoms with Crippen LogP contribution in [0.2, 0.25) is 0 Å². The molecule has 172 valence electrons. The Kier molecular flexibility index (Phi) is 7.31. The Morgan fingerprint density at radius 1 is 1.00 bits per heavy atom. The first kappa shape index (κ1) is 22.5. The number of amides is 2. The van der Waals surface area contributed by atoms with Gasteiger partial charge in [-0.2, -0.15) is 0 Å². The lowest BCUT2D eigenvalue weighted by atomic mass is 10.1. The number of hydrogen-bond donors (Lipinski definition) is 0. The molecule has 1 aliphatic rings. The molecule has 2 aromatic heterocycles. The van der Waals surface area contributed by atoms with Gasteiger partial charge in [-0.05, 0) is 24.3 Å². The van der Waals surface area contributed by atoms with Gasteiger partial charge < -0.3 is 23.9 Å². The summed E-state index contributed by atoms with van der Waals surface area (Å²) in [5.74, 6) is 0.576. The predicted octanol–water partition coefficient (Wildman–Crippen LogP) is 2.17. The first-order chi connectivity index (χ1) is 16.2. The molecule has 0 atom stereocenters. The molecule has 9 nitrogen and oxygen atoms in total. The second-order valence-electron chi connectivity index (χ2n) is 7.71. The Morgan fingerprint density at radius 3 is 2.42 bits per heavy atom. The van der Waals surface area contributed by atoms with Crippen LogP contribution in [0.3, 0.4) is 0 Å². The summed E-state index contributed by atoms with van der Waals surface area (Å²) in [7, 11) is 1.56. The minimum Gasteiger partial charge on any atom is -0.459 e. The maximum Gasteiger partial charge on any atom is 0.290 e. The molecule has 1 aromatic carbocycles. The number of carbonyl (C=O) groups excluding carboxylic acids is 2. The zero-order valence-electron chi connectivity index (χ0n) is 18.6. The van der Waals surface area contributed by atoms with Crippen molar-refractivity contribution in [1.82, 2.24) is 20.0 Å². The third kappa shape index (κ3) is 5.56. The van der Waals surface area contributed by atoms with Gasteiger partial charge in [0, 0.05) is 45.4 Å². The van der Waals surface area contributed by atoms with Crippen molar-refractivity contribution < 1.29 is 18.7 Å². The molecule has 2 amide bonds. The number of benzene rings is 1. The second-order valence-corrected chi connectivity index (χ2v) is 7.71. The van der Waals surface area contributed by atoms with Crippen molar-refractivity contribution in [3.8, 4) is 11.3 Å². The van der Waals surface area contributed by atoms with Crippen LogP contribution in [0.4, 0.5) is 5.82 Å². The summed E-state index contributed by atoms with van der Waals surface area (Å²) in [6, 6.07) is 17.1. The van der Waals surface area contributed by atoms with E-state index in [4.69, 9.17) is 9.15 Å². The van der Waals surface area contributed by atoms with Crippen LogP contribution in [0.1, 0.15) is 10.6 Å². The topological polar surface area (TPSA) is 92.0 Å². The van der Waals surface area contributed by atoms with Crippen molar-refractivity contribution in [3.05, 3.63) is 66.6 Å². The molecule has 0 unspecified atom stereocenters. The van der Waals surface area contributed by atoms with Crippen molar-refractivity contribution in [3.63, 3.8) is 0 Å². The highest BCUT2D eigenvalue weighted by Crippen LogP contribution is 2.19. The summed E-state index contributed by atoms with van der Waals surface area (Å²) in [5, 5.41) is 8.73. The predicted molar refractivity (Wildman–Crippen MR) is 123 cm³/mol. The third-order valence-electron chi connectivity index (χ3n) is 5.59. The minimum atomic E-state index is -0.321. The van der Waals surface area contributed by atoms with Crippen LogP contribution in [0.5, 0.6) is 0 Å². The van der Waals surface area contributed by atoms with Crippen LogP contribution >= 0.6 is 0 Å². The fourth-order valence-corrected chi connectivity index (χ4v) is 3.71. The molecule has 0 aliphatic carbocycles. The van der Waals surface area contributed by atoms with Gasteiger partial charge in [-0.15, -0.1) is 10.2 Å². The number of nitrogens with zero attached hydrogens (tertiary/aromatic N) is 5. The fourth-order valence-electron chi connectivity index (χ4n) is 3.71. The lowest BCUT2D eigenvalue weighted by molar-refractivity contribution is -0.132. The molecular formula is C24H27N5O4. The number of rotatable bonds is 8. The molecule has 0 bridgehead atoms. The molecule has 0 spiro atoms. The molecule has 0 N–H and O–H groups in total. The van der Waals surface area contributed by atoms with Gasteiger partial charge in [0.25, 0.3) is 5.91 Å². The van der Waals surface area contributed by atoms with Crippen LogP contribution in [-0.4, -0.2) is 84.8 Å². The molecule has 0 saturated carbocycles. The fraction of sp³-hybridized carbons (Fsp3) is 0.333. The molecule has 3 aromatic rings. The number of ether oxygens (including phenoxy) is 1. The molecular weight excluding hydrogens is 422 g/mol. The molecule has 3 heterocycles. The maximum atomic E-state index is 12.9. The van der Waals surface area contributed by atoms with E-state index >= 15 is 0 Å². The van der Waals surface area contributed by atoms with Crippen LogP contribution in [0.25, 0.3) is 11.3 Å². The van der Waals surface area contributed by atoms with Crippen molar-refractivity contribution in [1.29, 1.82) is 0 Å². The maximum absolute atomic E-state index is 12.9. The van der Waals surface area contributed by atoms with E-state index in [0.29, 0.717) is 39.3 Å². The molecule has 1 aliphatic heterocycles. The van der Waals surface area contributed by atoms with Gasteiger partial charge in [0.05, 0.1) is 18.6 Å². The quantitative estimate of drug-likeness (QED) is 0.520. The van der Waals surface area contributed by atoms with Gasteiger partial charge in [-0.1, -0.05) is 30.3 Å². The van der Waals surface area contributed by atoms with Gasteiger partial charge in [0.15, 0.2) is 11.6 Å². The van der Waals surface area contributed by atoms with Gasteiger partial charge in [0.1, 0.15) is 6.54 Å². The molecule has 33 heavy (non-hydrogen) atoms. The summed E-state index contributed by atoms with van der Waals surface area (Å²) < 4.78 is 10.3. The summed E-state index contributed by atoms with van der Waals surface area (Å²) in [6.45, 7) is 3.03. The van der Waals surface area contributed by atoms with Crippen molar-refractivity contribution in [2.24, 2.45) is 0 Å². The molecule has 1 saturated heterocycles. The molecule has 1 fully saturated rings.